The van der Waals surface area contributed by atoms with E-state index in [1.165, 1.54) is 0 Å². The first-order valence-corrected chi connectivity index (χ1v) is 10.5. The molecule has 5 aromatic rings. The highest BCUT2D eigenvalue weighted by Crippen LogP contribution is 2.34. The summed E-state index contributed by atoms with van der Waals surface area (Å²) in [5.41, 5.74) is 4.11. The van der Waals surface area contributed by atoms with Crippen molar-refractivity contribution < 1.29 is 23.8 Å². The molecule has 0 saturated carbocycles. The van der Waals surface area contributed by atoms with Crippen LogP contribution in [0.5, 0.6) is 0 Å². The van der Waals surface area contributed by atoms with Gasteiger partial charge in [0.1, 0.15) is 18.1 Å². The van der Waals surface area contributed by atoms with Crippen LogP contribution in [0.25, 0.3) is 21.9 Å². The van der Waals surface area contributed by atoms with Gasteiger partial charge in [0.2, 0.25) is 0 Å². The second-order valence-corrected chi connectivity index (χ2v) is 7.98. The Morgan fingerprint density at radius 2 is 1.85 bits per heavy atom. The number of benzene rings is 3. The van der Waals surface area contributed by atoms with Crippen LogP contribution in [0.4, 0.5) is 0 Å². The van der Waals surface area contributed by atoms with Gasteiger partial charge in [0, 0.05) is 29.5 Å². The van der Waals surface area contributed by atoms with E-state index in [0.717, 1.165) is 21.9 Å². The molecule has 0 saturated heterocycles. The zero-order valence-electron chi connectivity index (χ0n) is 17.9. The number of furan rings is 1. The third-order valence-electron chi connectivity index (χ3n) is 5.84. The van der Waals surface area contributed by atoms with Gasteiger partial charge < -0.3 is 18.8 Å². The number of nitrogens with zero attached hydrogens (tertiary/aromatic N) is 1. The van der Waals surface area contributed by atoms with Crippen molar-refractivity contribution in [1.82, 2.24) is 4.57 Å². The van der Waals surface area contributed by atoms with Crippen LogP contribution < -0.4 is 0 Å². The molecule has 6 heteroatoms. The fourth-order valence-corrected chi connectivity index (χ4v) is 4.20. The molecule has 5 rings (SSSR count). The highest BCUT2D eigenvalue weighted by molar-refractivity contribution is 5.98. The van der Waals surface area contributed by atoms with Crippen molar-refractivity contribution in [3.63, 3.8) is 0 Å². The van der Waals surface area contributed by atoms with E-state index in [0.29, 0.717) is 22.3 Å². The van der Waals surface area contributed by atoms with Gasteiger partial charge in [-0.15, -0.1) is 0 Å². The van der Waals surface area contributed by atoms with E-state index < -0.39 is 17.9 Å². The third-order valence-corrected chi connectivity index (χ3v) is 5.84. The summed E-state index contributed by atoms with van der Waals surface area (Å²) in [6.07, 6.45) is 3.39. The van der Waals surface area contributed by atoms with Crippen LogP contribution in [-0.2, 0) is 23.2 Å². The minimum atomic E-state index is -0.948. The number of aromatic nitrogens is 1. The molecule has 1 N–H and O–H groups in total. The van der Waals surface area contributed by atoms with Gasteiger partial charge in [0.25, 0.3) is 0 Å². The van der Waals surface area contributed by atoms with Crippen molar-refractivity contribution in [2.24, 2.45) is 7.05 Å². The van der Waals surface area contributed by atoms with Crippen LogP contribution in [0.3, 0.4) is 0 Å². The third kappa shape index (κ3) is 3.87. The monoisotopic (exact) mass is 439 g/mol. The molecule has 6 nitrogen and oxygen atoms in total. The predicted molar refractivity (Wildman–Crippen MR) is 124 cm³/mol. The van der Waals surface area contributed by atoms with Crippen molar-refractivity contribution in [1.29, 1.82) is 0 Å². The Labute approximate surface area is 189 Å². The molecule has 0 amide bonds. The van der Waals surface area contributed by atoms with Gasteiger partial charge in [-0.1, -0.05) is 42.5 Å². The number of carboxylic acids is 1. The first-order chi connectivity index (χ1) is 16.0. The topological polar surface area (TPSA) is 81.7 Å². The summed E-state index contributed by atoms with van der Waals surface area (Å²) in [5.74, 6) is -2.23. The second-order valence-electron chi connectivity index (χ2n) is 7.98. The number of esters is 1. The van der Waals surface area contributed by atoms with Crippen LogP contribution >= 0.6 is 0 Å². The van der Waals surface area contributed by atoms with Crippen molar-refractivity contribution in [3.05, 3.63) is 108 Å². The van der Waals surface area contributed by atoms with Crippen molar-refractivity contribution >= 4 is 33.8 Å². The summed E-state index contributed by atoms with van der Waals surface area (Å²) in [6.45, 7) is 0.188. The number of rotatable bonds is 6. The highest BCUT2D eigenvalue weighted by Gasteiger charge is 2.27. The molecule has 1 unspecified atom stereocenters. The van der Waals surface area contributed by atoms with E-state index in [1.54, 1.807) is 36.6 Å². The van der Waals surface area contributed by atoms with Crippen molar-refractivity contribution in [2.75, 3.05) is 0 Å². The fourth-order valence-electron chi connectivity index (χ4n) is 4.20. The van der Waals surface area contributed by atoms with E-state index >= 15 is 0 Å². The molecule has 0 aliphatic carbocycles. The molecule has 2 heterocycles. The molecule has 0 aliphatic heterocycles. The molecule has 3 aromatic carbocycles. The lowest BCUT2D eigenvalue weighted by molar-refractivity contribution is -0.137. The molecule has 1 atom stereocenters. The van der Waals surface area contributed by atoms with Crippen molar-refractivity contribution in [2.45, 2.75) is 12.5 Å². The predicted octanol–water partition coefficient (Wildman–Crippen LogP) is 5.50. The zero-order chi connectivity index (χ0) is 22.9. The number of aryl methyl sites for hydroxylation is 1. The molecule has 2 aromatic heterocycles. The molecule has 0 aliphatic rings. The summed E-state index contributed by atoms with van der Waals surface area (Å²) in [6, 6.07) is 21.9. The number of fused-ring (bicyclic) bond motifs is 2. The fraction of sp³-hybridized carbons (Fsp3) is 0.111. The van der Waals surface area contributed by atoms with E-state index in [-0.39, 0.29) is 6.61 Å². The maximum Gasteiger partial charge on any atom is 0.338 e. The number of carbonyl (C=O) groups excluding carboxylic acids is 1. The molecule has 33 heavy (non-hydrogen) atoms. The molecule has 0 bridgehead atoms. The van der Waals surface area contributed by atoms with Crippen LogP contribution in [0.1, 0.15) is 33.0 Å². The zero-order valence-corrected chi connectivity index (χ0v) is 17.9. The average Bonchev–Trinajstić information content (AvgIpc) is 3.42. The Morgan fingerprint density at radius 3 is 2.64 bits per heavy atom. The first kappa shape index (κ1) is 20.6. The van der Waals surface area contributed by atoms with Gasteiger partial charge in [0.05, 0.1) is 11.8 Å². The number of aliphatic carboxylic acids is 1. The smallest absolute Gasteiger partial charge is 0.338 e. The molecular weight excluding hydrogens is 418 g/mol. The maximum atomic E-state index is 12.6. The minimum absolute atomic E-state index is 0.188. The SMILES string of the molecule is Cn1cc(C(C(=O)O)c2ccc3occc3c2)c2ccc(C(=O)OCc3ccccc3)cc21. The first-order valence-electron chi connectivity index (χ1n) is 10.5. The van der Waals surface area contributed by atoms with E-state index in [2.05, 4.69) is 0 Å². The summed E-state index contributed by atoms with van der Waals surface area (Å²) < 4.78 is 12.7. The average molecular weight is 439 g/mol. The molecule has 0 spiro atoms. The second kappa shape index (κ2) is 8.31. The summed E-state index contributed by atoms with van der Waals surface area (Å²) in [5, 5.41) is 11.7. The minimum Gasteiger partial charge on any atom is -0.481 e. The standard InChI is InChI=1S/C27H21NO5/c1-28-15-22(25(26(29)30)19-8-10-24-18(13-19)11-12-32-24)21-9-7-20(14-23(21)28)27(31)33-16-17-5-3-2-4-6-17/h2-15,25H,16H2,1H3,(H,29,30). The number of carbonyl (C=O) groups is 2. The van der Waals surface area contributed by atoms with Gasteiger partial charge in [-0.05, 0) is 47.0 Å². The van der Waals surface area contributed by atoms with E-state index in [1.807, 2.05) is 60.3 Å². The van der Waals surface area contributed by atoms with Crippen LogP contribution in [0.15, 0.2) is 89.7 Å². The molecule has 0 radical (unpaired) electrons. The van der Waals surface area contributed by atoms with Crippen molar-refractivity contribution in [3.8, 4) is 0 Å². The maximum absolute atomic E-state index is 12.6. The number of hydrogen-bond acceptors (Lipinski definition) is 4. The number of ether oxygens (including phenoxy) is 1. The Hall–Kier alpha value is -4.32. The van der Waals surface area contributed by atoms with Gasteiger partial charge in [-0.25, -0.2) is 4.79 Å². The van der Waals surface area contributed by atoms with Crippen LogP contribution in [-0.4, -0.2) is 21.6 Å². The largest absolute Gasteiger partial charge is 0.481 e. The van der Waals surface area contributed by atoms with Gasteiger partial charge in [-0.3, -0.25) is 4.79 Å². The Balaban J connectivity index is 1.48. The number of carboxylic acid groups (broad SMARTS) is 1. The summed E-state index contributed by atoms with van der Waals surface area (Å²) in [4.78, 5) is 24.9. The van der Waals surface area contributed by atoms with Crippen LogP contribution in [0.2, 0.25) is 0 Å². The molecule has 0 fully saturated rings. The lowest BCUT2D eigenvalue weighted by Crippen LogP contribution is -2.12. The highest BCUT2D eigenvalue weighted by atomic mass is 16.5. The van der Waals surface area contributed by atoms with E-state index in [9.17, 15) is 14.7 Å². The molecule has 164 valence electrons. The summed E-state index contributed by atoms with van der Waals surface area (Å²) >= 11 is 0. The Kier molecular flexibility index (Phi) is 5.18. The Bertz CT molecular complexity index is 1480. The normalized spacial score (nSPS) is 12.2. The quantitative estimate of drug-likeness (QED) is 0.354. The van der Waals surface area contributed by atoms with Crippen LogP contribution in [0, 0.1) is 0 Å². The van der Waals surface area contributed by atoms with Gasteiger partial charge in [0.15, 0.2) is 0 Å². The van der Waals surface area contributed by atoms with E-state index in [4.69, 9.17) is 9.15 Å². The Morgan fingerprint density at radius 1 is 1.03 bits per heavy atom. The van der Waals surface area contributed by atoms with Gasteiger partial charge >= 0.3 is 11.9 Å². The summed E-state index contributed by atoms with van der Waals surface area (Å²) in [7, 11) is 1.84. The lowest BCUT2D eigenvalue weighted by Gasteiger charge is -2.12. The molecular formula is C27H21NO5. The lowest BCUT2D eigenvalue weighted by atomic mass is 9.90. The van der Waals surface area contributed by atoms with Gasteiger partial charge in [-0.2, -0.15) is 0 Å². The number of hydrogen-bond donors (Lipinski definition) is 1.